The second-order valence-corrected chi connectivity index (χ2v) is 4.26. The monoisotopic (exact) mass is 235 g/mol. The molecule has 2 rings (SSSR count). The zero-order chi connectivity index (χ0) is 11.4. The van der Waals surface area contributed by atoms with Crippen molar-refractivity contribution >= 4 is 17.3 Å². The number of hydrogen-bond acceptors (Lipinski definition) is 3. The minimum Gasteiger partial charge on any atom is -0.379 e. The topological polar surface area (TPSA) is 28.0 Å². The Morgan fingerprint density at radius 2 is 2.06 bits per heavy atom. The molecule has 0 unspecified atom stereocenters. The molecule has 16 heavy (non-hydrogen) atoms. The van der Waals surface area contributed by atoms with Gasteiger partial charge in [-0.15, -0.1) is 5.11 Å². The summed E-state index contributed by atoms with van der Waals surface area (Å²) >= 11 is 5.99. The van der Waals surface area contributed by atoms with E-state index in [1.54, 1.807) is 0 Å². The predicted molar refractivity (Wildman–Crippen MR) is 65.9 cm³/mol. The van der Waals surface area contributed by atoms with Gasteiger partial charge in [-0.25, -0.2) is 0 Å². The molecule has 0 bridgehead atoms. The van der Waals surface area contributed by atoms with E-state index in [9.17, 15) is 0 Å². The molecule has 0 fully saturated rings. The van der Waals surface area contributed by atoms with Crippen molar-refractivity contribution in [2.75, 3.05) is 13.6 Å². The minimum atomic E-state index is 0.635. The summed E-state index contributed by atoms with van der Waals surface area (Å²) in [5.74, 6) is 0. The number of azo groups is 1. The Labute approximate surface area is 100 Å². The van der Waals surface area contributed by atoms with Crippen LogP contribution in [0.4, 0.5) is 5.69 Å². The van der Waals surface area contributed by atoms with Crippen LogP contribution < -0.4 is 0 Å². The standard InChI is InChI=1S/C12H14ClN3/c1-16-8-4-5-10(9-16)14-15-12-7-3-2-6-11(12)13/h2-3,6-7,9H,4-5,8H2,1H3. The second kappa shape index (κ2) is 5.12. The number of halogens is 1. The molecule has 1 aliphatic heterocycles. The van der Waals surface area contributed by atoms with Crippen LogP contribution in [-0.2, 0) is 0 Å². The fraction of sp³-hybridized carbons (Fsp3) is 0.333. The summed E-state index contributed by atoms with van der Waals surface area (Å²) in [6, 6.07) is 7.47. The van der Waals surface area contributed by atoms with Crippen LogP contribution in [-0.4, -0.2) is 18.5 Å². The van der Waals surface area contributed by atoms with Gasteiger partial charge in [-0.3, -0.25) is 0 Å². The van der Waals surface area contributed by atoms with Gasteiger partial charge in [-0.2, -0.15) is 5.11 Å². The van der Waals surface area contributed by atoms with Crippen LogP contribution in [0.2, 0.25) is 5.02 Å². The maximum atomic E-state index is 5.99. The van der Waals surface area contributed by atoms with E-state index >= 15 is 0 Å². The minimum absolute atomic E-state index is 0.635. The molecule has 0 saturated heterocycles. The average Bonchev–Trinajstić information content (AvgIpc) is 2.28. The summed E-state index contributed by atoms with van der Waals surface area (Å²) in [4.78, 5) is 2.13. The molecule has 0 spiro atoms. The number of rotatable bonds is 2. The van der Waals surface area contributed by atoms with Crippen LogP contribution in [0.1, 0.15) is 12.8 Å². The summed E-state index contributed by atoms with van der Waals surface area (Å²) in [6.07, 6.45) is 4.14. The predicted octanol–water partition coefficient (Wildman–Crippen LogP) is 3.99. The van der Waals surface area contributed by atoms with Crippen molar-refractivity contribution < 1.29 is 0 Å². The van der Waals surface area contributed by atoms with Gasteiger partial charge in [0, 0.05) is 19.8 Å². The lowest BCUT2D eigenvalue weighted by atomic mass is 10.2. The number of allylic oxidation sites excluding steroid dienone is 1. The molecule has 0 aromatic heterocycles. The lowest BCUT2D eigenvalue weighted by Gasteiger charge is -2.19. The van der Waals surface area contributed by atoms with Crippen molar-refractivity contribution in [3.05, 3.63) is 41.2 Å². The zero-order valence-corrected chi connectivity index (χ0v) is 9.98. The number of hydrogen-bond donors (Lipinski definition) is 0. The molecule has 1 heterocycles. The molecule has 0 aliphatic carbocycles. The fourth-order valence-corrected chi connectivity index (χ4v) is 1.79. The normalized spacial score (nSPS) is 16.6. The first kappa shape index (κ1) is 11.1. The van der Waals surface area contributed by atoms with Crippen molar-refractivity contribution in [3.8, 4) is 0 Å². The second-order valence-electron chi connectivity index (χ2n) is 3.86. The molecule has 84 valence electrons. The Balaban J connectivity index is 2.12. The number of nitrogens with zero attached hydrogens (tertiary/aromatic N) is 3. The quantitative estimate of drug-likeness (QED) is 0.713. The first-order chi connectivity index (χ1) is 7.75. The average molecular weight is 236 g/mol. The van der Waals surface area contributed by atoms with E-state index < -0.39 is 0 Å². The first-order valence-electron chi connectivity index (χ1n) is 5.33. The van der Waals surface area contributed by atoms with Gasteiger partial charge >= 0.3 is 0 Å². The maximum absolute atomic E-state index is 5.99. The lowest BCUT2D eigenvalue weighted by molar-refractivity contribution is 0.414. The summed E-state index contributed by atoms with van der Waals surface area (Å²) < 4.78 is 0. The van der Waals surface area contributed by atoms with Crippen molar-refractivity contribution in [1.29, 1.82) is 0 Å². The molecule has 0 saturated carbocycles. The molecule has 0 radical (unpaired) electrons. The highest BCUT2D eigenvalue weighted by molar-refractivity contribution is 6.32. The fourth-order valence-electron chi connectivity index (χ4n) is 1.62. The summed E-state index contributed by atoms with van der Waals surface area (Å²) in [6.45, 7) is 1.09. The van der Waals surface area contributed by atoms with E-state index in [4.69, 9.17) is 11.6 Å². The van der Waals surface area contributed by atoms with Crippen LogP contribution in [0.15, 0.2) is 46.4 Å². The van der Waals surface area contributed by atoms with Crippen LogP contribution >= 0.6 is 11.6 Å². The molecule has 1 aliphatic rings. The number of benzene rings is 1. The van der Waals surface area contributed by atoms with Crippen molar-refractivity contribution in [2.24, 2.45) is 10.2 Å². The van der Waals surface area contributed by atoms with Crippen molar-refractivity contribution in [2.45, 2.75) is 12.8 Å². The molecular weight excluding hydrogens is 222 g/mol. The Kier molecular flexibility index (Phi) is 3.57. The van der Waals surface area contributed by atoms with Gasteiger partial charge in [0.25, 0.3) is 0 Å². The van der Waals surface area contributed by atoms with Gasteiger partial charge in [0.15, 0.2) is 0 Å². The van der Waals surface area contributed by atoms with E-state index in [1.165, 1.54) is 0 Å². The molecule has 3 nitrogen and oxygen atoms in total. The molecule has 0 atom stereocenters. The van der Waals surface area contributed by atoms with E-state index in [2.05, 4.69) is 15.1 Å². The maximum Gasteiger partial charge on any atom is 0.104 e. The SMILES string of the molecule is CN1C=C(N=Nc2ccccc2Cl)CCC1. The third kappa shape index (κ3) is 2.83. The van der Waals surface area contributed by atoms with E-state index in [0.29, 0.717) is 5.02 Å². The highest BCUT2D eigenvalue weighted by atomic mass is 35.5. The van der Waals surface area contributed by atoms with Crippen LogP contribution in [0.25, 0.3) is 0 Å². The van der Waals surface area contributed by atoms with E-state index in [-0.39, 0.29) is 0 Å². The van der Waals surface area contributed by atoms with Crippen LogP contribution in [0.3, 0.4) is 0 Å². The summed E-state index contributed by atoms with van der Waals surface area (Å²) in [7, 11) is 2.05. The van der Waals surface area contributed by atoms with Gasteiger partial charge in [-0.1, -0.05) is 23.7 Å². The zero-order valence-electron chi connectivity index (χ0n) is 9.23. The molecule has 0 amide bonds. The highest BCUT2D eigenvalue weighted by Gasteiger charge is 2.06. The Morgan fingerprint density at radius 1 is 1.25 bits per heavy atom. The summed E-state index contributed by atoms with van der Waals surface area (Å²) in [5.41, 5.74) is 1.73. The van der Waals surface area contributed by atoms with E-state index in [0.717, 1.165) is 30.8 Å². The molecule has 0 N–H and O–H groups in total. The third-order valence-corrected chi connectivity index (χ3v) is 2.77. The van der Waals surface area contributed by atoms with Gasteiger partial charge in [0.2, 0.25) is 0 Å². The molecular formula is C12H14ClN3. The first-order valence-corrected chi connectivity index (χ1v) is 5.71. The molecule has 1 aromatic carbocycles. The molecule has 4 heteroatoms. The Hall–Kier alpha value is -1.35. The van der Waals surface area contributed by atoms with Gasteiger partial charge < -0.3 is 4.90 Å². The molecule has 1 aromatic rings. The van der Waals surface area contributed by atoms with Gasteiger partial charge in [-0.05, 0) is 25.0 Å². The third-order valence-electron chi connectivity index (χ3n) is 2.45. The van der Waals surface area contributed by atoms with Gasteiger partial charge in [0.1, 0.15) is 5.69 Å². The van der Waals surface area contributed by atoms with Crippen LogP contribution in [0, 0.1) is 0 Å². The largest absolute Gasteiger partial charge is 0.379 e. The Morgan fingerprint density at radius 3 is 2.81 bits per heavy atom. The smallest absolute Gasteiger partial charge is 0.104 e. The van der Waals surface area contributed by atoms with Crippen LogP contribution in [0.5, 0.6) is 0 Å². The van der Waals surface area contributed by atoms with Crippen molar-refractivity contribution in [3.63, 3.8) is 0 Å². The highest BCUT2D eigenvalue weighted by Crippen LogP contribution is 2.25. The van der Waals surface area contributed by atoms with Gasteiger partial charge in [0.05, 0.1) is 10.7 Å². The Bertz CT molecular complexity index is 426. The summed E-state index contributed by atoms with van der Waals surface area (Å²) in [5, 5.41) is 9.02. The lowest BCUT2D eigenvalue weighted by Crippen LogP contribution is -2.16. The van der Waals surface area contributed by atoms with E-state index in [1.807, 2.05) is 37.5 Å². The van der Waals surface area contributed by atoms with Crippen molar-refractivity contribution in [1.82, 2.24) is 4.90 Å².